The Bertz CT molecular complexity index is 247. The maximum Gasteiger partial charge on any atom is 0.246 e. The summed E-state index contributed by atoms with van der Waals surface area (Å²) in [6, 6.07) is 0.898. The van der Waals surface area contributed by atoms with Gasteiger partial charge in [-0.1, -0.05) is 0 Å². The monoisotopic (exact) mass is 227 g/mol. The highest BCUT2D eigenvalue weighted by molar-refractivity contribution is 5.77. The van der Waals surface area contributed by atoms with E-state index < -0.39 is 0 Å². The van der Waals surface area contributed by atoms with E-state index in [0.717, 1.165) is 13.0 Å². The molecule has 3 N–H and O–H groups in total. The smallest absolute Gasteiger partial charge is 0.246 e. The summed E-state index contributed by atoms with van der Waals surface area (Å²) in [6.07, 6.45) is 3.56. The lowest BCUT2D eigenvalue weighted by Crippen LogP contribution is -2.43. The van der Waals surface area contributed by atoms with Crippen molar-refractivity contribution in [2.45, 2.75) is 31.3 Å². The van der Waals surface area contributed by atoms with Gasteiger partial charge in [0, 0.05) is 25.2 Å². The molecule has 2 heterocycles. The highest BCUT2D eigenvalue weighted by atomic mass is 16.5. The Hall–Kier alpha value is -0.650. The van der Waals surface area contributed by atoms with E-state index in [2.05, 4.69) is 10.2 Å². The summed E-state index contributed by atoms with van der Waals surface area (Å²) in [7, 11) is 0. The van der Waals surface area contributed by atoms with Crippen LogP contribution >= 0.6 is 0 Å². The van der Waals surface area contributed by atoms with Crippen molar-refractivity contribution in [3.63, 3.8) is 0 Å². The van der Waals surface area contributed by atoms with Crippen LogP contribution in [0.1, 0.15) is 19.3 Å². The lowest BCUT2D eigenvalue weighted by atomic mass is 10.1. The molecule has 5 heteroatoms. The molecule has 0 aromatic rings. The Morgan fingerprint density at radius 1 is 1.44 bits per heavy atom. The molecule has 0 spiro atoms. The molecule has 2 fully saturated rings. The number of nitrogens with one attached hydrogen (secondary N) is 1. The molecule has 2 rings (SSSR count). The normalized spacial score (nSPS) is 29.3. The molecule has 2 aliphatic rings. The van der Waals surface area contributed by atoms with Crippen molar-refractivity contribution in [2.75, 3.05) is 32.8 Å². The van der Waals surface area contributed by atoms with Gasteiger partial charge in [0.05, 0.1) is 6.61 Å². The molecule has 2 aliphatic heterocycles. The summed E-state index contributed by atoms with van der Waals surface area (Å²) >= 11 is 0. The first-order chi connectivity index (χ1) is 7.81. The van der Waals surface area contributed by atoms with Gasteiger partial charge < -0.3 is 15.8 Å². The summed E-state index contributed by atoms with van der Waals surface area (Å²) in [5.41, 5.74) is 5.29. The number of carbonyl (C=O) groups excluding carboxylic acids is 1. The number of fused-ring (bicyclic) bond motifs is 1. The summed E-state index contributed by atoms with van der Waals surface area (Å²) in [5.74, 6) is -0.00722. The molecule has 0 aromatic carbocycles. The molecular weight excluding hydrogens is 206 g/mol. The van der Waals surface area contributed by atoms with Crippen molar-refractivity contribution >= 4 is 5.91 Å². The summed E-state index contributed by atoms with van der Waals surface area (Å²) in [5, 5.41) is 3.06. The summed E-state index contributed by atoms with van der Waals surface area (Å²) < 4.78 is 5.12. The fraction of sp³-hybridized carbons (Fsp3) is 0.909. The minimum Gasteiger partial charge on any atom is -0.370 e. The predicted octanol–water partition coefficient (Wildman–Crippen LogP) is -0.685. The first-order valence-electron chi connectivity index (χ1n) is 6.12. The second-order valence-corrected chi connectivity index (χ2v) is 4.55. The number of hydrogen-bond donors (Lipinski definition) is 2. The summed E-state index contributed by atoms with van der Waals surface area (Å²) in [6.45, 7) is 3.38. The third-order valence-electron chi connectivity index (χ3n) is 3.45. The van der Waals surface area contributed by atoms with Crippen molar-refractivity contribution in [2.24, 2.45) is 5.73 Å². The molecule has 2 atom stereocenters. The zero-order valence-corrected chi connectivity index (χ0v) is 9.65. The quantitative estimate of drug-likeness (QED) is 0.610. The Kier molecular flexibility index (Phi) is 4.15. The Balaban J connectivity index is 1.70. The fourth-order valence-electron chi connectivity index (χ4n) is 2.75. The predicted molar refractivity (Wildman–Crippen MR) is 61.0 cm³/mol. The van der Waals surface area contributed by atoms with E-state index in [1.54, 1.807) is 0 Å². The largest absolute Gasteiger partial charge is 0.370 e. The molecule has 0 radical (unpaired) electrons. The van der Waals surface area contributed by atoms with Crippen LogP contribution in [0, 0.1) is 0 Å². The maximum absolute atomic E-state index is 11.6. The number of carbonyl (C=O) groups is 1. The van der Waals surface area contributed by atoms with Crippen LogP contribution in [0.5, 0.6) is 0 Å². The number of nitrogens with zero attached hydrogens (tertiary/aromatic N) is 1. The number of amides is 1. The van der Waals surface area contributed by atoms with Crippen molar-refractivity contribution in [3.05, 3.63) is 0 Å². The molecule has 0 bridgehead atoms. The standard InChI is InChI=1S/C11H21N3O2/c12-4-7-16-8-11(15)13-9-3-6-14-5-1-2-10(9)14/h9-10H,1-8,12H2,(H,13,15). The molecule has 5 nitrogen and oxygen atoms in total. The van der Waals surface area contributed by atoms with Crippen molar-refractivity contribution in [1.29, 1.82) is 0 Å². The second kappa shape index (κ2) is 5.61. The minimum atomic E-state index is -0.00722. The second-order valence-electron chi connectivity index (χ2n) is 4.55. The Labute approximate surface area is 96.3 Å². The van der Waals surface area contributed by atoms with Crippen LogP contribution in [-0.2, 0) is 9.53 Å². The van der Waals surface area contributed by atoms with Crippen LogP contribution in [0.3, 0.4) is 0 Å². The molecule has 2 saturated heterocycles. The van der Waals surface area contributed by atoms with Crippen molar-refractivity contribution < 1.29 is 9.53 Å². The molecule has 0 aliphatic carbocycles. The van der Waals surface area contributed by atoms with E-state index in [9.17, 15) is 4.79 Å². The lowest BCUT2D eigenvalue weighted by molar-refractivity contribution is -0.126. The van der Waals surface area contributed by atoms with Crippen molar-refractivity contribution in [3.8, 4) is 0 Å². The van der Waals surface area contributed by atoms with Crippen molar-refractivity contribution in [1.82, 2.24) is 10.2 Å². The van der Waals surface area contributed by atoms with Gasteiger partial charge in [-0.2, -0.15) is 0 Å². The van der Waals surface area contributed by atoms with Crippen LogP contribution in [0.15, 0.2) is 0 Å². The van der Waals surface area contributed by atoms with Crippen LogP contribution < -0.4 is 11.1 Å². The van der Waals surface area contributed by atoms with E-state index in [4.69, 9.17) is 10.5 Å². The molecule has 16 heavy (non-hydrogen) atoms. The molecule has 2 unspecified atom stereocenters. The van der Waals surface area contributed by atoms with Crippen LogP contribution in [0.25, 0.3) is 0 Å². The lowest BCUT2D eigenvalue weighted by Gasteiger charge is -2.21. The Morgan fingerprint density at radius 2 is 2.31 bits per heavy atom. The van der Waals surface area contributed by atoms with Crippen LogP contribution in [-0.4, -0.2) is 55.7 Å². The molecule has 0 saturated carbocycles. The molecule has 0 aromatic heterocycles. The van der Waals surface area contributed by atoms with Gasteiger partial charge in [0.25, 0.3) is 0 Å². The third kappa shape index (κ3) is 2.72. The number of nitrogens with two attached hydrogens (primary N) is 1. The van der Waals surface area contributed by atoms with E-state index in [0.29, 0.717) is 25.2 Å². The topological polar surface area (TPSA) is 67.6 Å². The van der Waals surface area contributed by atoms with Gasteiger partial charge >= 0.3 is 0 Å². The van der Waals surface area contributed by atoms with E-state index in [-0.39, 0.29) is 12.5 Å². The molecular formula is C11H21N3O2. The van der Waals surface area contributed by atoms with Gasteiger partial charge in [0.2, 0.25) is 5.91 Å². The van der Waals surface area contributed by atoms with Gasteiger partial charge in [-0.3, -0.25) is 9.69 Å². The fourth-order valence-corrected chi connectivity index (χ4v) is 2.75. The van der Waals surface area contributed by atoms with Crippen LogP contribution in [0.2, 0.25) is 0 Å². The molecule has 1 amide bonds. The maximum atomic E-state index is 11.6. The first kappa shape index (κ1) is 11.8. The van der Waals surface area contributed by atoms with E-state index in [1.165, 1.54) is 19.4 Å². The van der Waals surface area contributed by atoms with Gasteiger partial charge in [-0.15, -0.1) is 0 Å². The third-order valence-corrected chi connectivity index (χ3v) is 3.45. The van der Waals surface area contributed by atoms with E-state index >= 15 is 0 Å². The Morgan fingerprint density at radius 3 is 3.12 bits per heavy atom. The average Bonchev–Trinajstić information content (AvgIpc) is 2.83. The van der Waals surface area contributed by atoms with Gasteiger partial charge in [0.1, 0.15) is 6.61 Å². The highest BCUT2D eigenvalue weighted by Gasteiger charge is 2.37. The SMILES string of the molecule is NCCOCC(=O)NC1CCN2CCCC12. The number of ether oxygens (including phenoxy) is 1. The number of hydrogen-bond acceptors (Lipinski definition) is 4. The zero-order chi connectivity index (χ0) is 11.4. The number of rotatable bonds is 5. The molecule has 92 valence electrons. The first-order valence-corrected chi connectivity index (χ1v) is 6.12. The average molecular weight is 227 g/mol. The van der Waals surface area contributed by atoms with Gasteiger partial charge in [-0.05, 0) is 25.8 Å². The summed E-state index contributed by atoms with van der Waals surface area (Å²) in [4.78, 5) is 14.0. The van der Waals surface area contributed by atoms with Gasteiger partial charge in [0.15, 0.2) is 0 Å². The zero-order valence-electron chi connectivity index (χ0n) is 9.65. The minimum absolute atomic E-state index is 0.00722. The highest BCUT2D eigenvalue weighted by Crippen LogP contribution is 2.27. The van der Waals surface area contributed by atoms with Gasteiger partial charge in [-0.25, -0.2) is 0 Å². The van der Waals surface area contributed by atoms with E-state index in [1.807, 2.05) is 0 Å². The van der Waals surface area contributed by atoms with Crippen LogP contribution in [0.4, 0.5) is 0 Å².